The Hall–Kier alpha value is -3.04. The van der Waals surface area contributed by atoms with Crippen LogP contribution in [0.3, 0.4) is 0 Å². The number of rotatable bonds is 4. The van der Waals surface area contributed by atoms with E-state index in [1.54, 1.807) is 6.07 Å². The van der Waals surface area contributed by atoms with Gasteiger partial charge in [-0.1, -0.05) is 0 Å². The van der Waals surface area contributed by atoms with Gasteiger partial charge in [-0.2, -0.15) is 0 Å². The molecule has 0 saturated carbocycles. The summed E-state index contributed by atoms with van der Waals surface area (Å²) in [6.07, 6.45) is 3.04. The predicted molar refractivity (Wildman–Crippen MR) is 192 cm³/mol. The Morgan fingerprint density at radius 3 is 1.78 bits per heavy atom. The second kappa shape index (κ2) is 14.2. The first-order valence-electron chi connectivity index (χ1n) is 16.8. The standard InChI is InChI=1S/C21H25.C18H11F3.C5H5.2ClH.Zr/c1-20(2,3)16-9-7-14-11-15-8-10-17(21(4,5)6)13-19(15)18(14)12-16;19-18(20,21)16-9-3-5-13(12-16)11-15-8-4-7-14-6-1-2-10-17(14)15;1-2-4-5-3-1;;;/h7-13H,1-6H3;1-10,12H;1-3H,4H2;2*1H;/q;;;;;+2/p-2. The molecule has 0 N–H and O–H groups in total. The van der Waals surface area contributed by atoms with Gasteiger partial charge < -0.3 is 24.8 Å². The minimum absolute atomic E-state index is 0. The zero-order valence-electron chi connectivity index (χ0n) is 29.2. The van der Waals surface area contributed by atoms with Crippen LogP contribution in [-0.4, -0.2) is 3.21 Å². The maximum Gasteiger partial charge on any atom is -1.00 e. The molecule has 0 aliphatic heterocycles. The van der Waals surface area contributed by atoms with Gasteiger partial charge in [0.25, 0.3) is 0 Å². The number of benzene rings is 5. The van der Waals surface area contributed by atoms with Crippen molar-refractivity contribution >= 4 is 14.0 Å². The van der Waals surface area contributed by atoms with Crippen LogP contribution in [0.25, 0.3) is 21.9 Å². The third-order valence-corrected chi connectivity index (χ3v) is 18.2. The molecule has 5 aromatic carbocycles. The van der Waals surface area contributed by atoms with Crippen LogP contribution in [0.4, 0.5) is 13.2 Å². The number of fused-ring (bicyclic) bond motifs is 4. The maximum absolute atomic E-state index is 14.3. The minimum atomic E-state index is -4.43. The van der Waals surface area contributed by atoms with E-state index < -0.39 is 33.0 Å². The molecule has 0 heterocycles. The summed E-state index contributed by atoms with van der Waals surface area (Å²) in [6, 6.07) is 34.8. The first-order chi connectivity index (χ1) is 22.7. The SMILES string of the molecule is CC(C)(C)c1ccc2c(c1)-c1cc(C(C)(C)C)ccc1[CH]2/[Zr+2]([C]1=CC=CC1)=[C](/c1cccc(C(F)(F)F)c1)c1cccc2ccccc12.[Cl-].[Cl-]. The van der Waals surface area contributed by atoms with Crippen LogP contribution in [0.5, 0.6) is 0 Å². The van der Waals surface area contributed by atoms with Crippen molar-refractivity contribution in [2.24, 2.45) is 0 Å². The van der Waals surface area contributed by atoms with E-state index in [2.05, 4.69) is 127 Å². The van der Waals surface area contributed by atoms with E-state index in [0.717, 1.165) is 26.0 Å². The predicted octanol–water partition coefficient (Wildman–Crippen LogP) is 6.26. The van der Waals surface area contributed by atoms with E-state index >= 15 is 0 Å². The zero-order valence-corrected chi connectivity index (χ0v) is 33.2. The quantitative estimate of drug-likeness (QED) is 0.202. The van der Waals surface area contributed by atoms with Crippen molar-refractivity contribution in [3.8, 4) is 11.1 Å². The molecule has 2 aliphatic rings. The van der Waals surface area contributed by atoms with Crippen molar-refractivity contribution in [2.45, 2.75) is 68.6 Å². The van der Waals surface area contributed by atoms with E-state index in [1.165, 1.54) is 48.8 Å². The molecule has 7 rings (SSSR count). The summed E-state index contributed by atoms with van der Waals surface area (Å²) in [7, 11) is 0. The molecule has 5 aromatic rings. The molecule has 0 unspecified atom stereocenters. The minimum Gasteiger partial charge on any atom is -1.00 e. The molecule has 0 atom stereocenters. The van der Waals surface area contributed by atoms with Gasteiger partial charge in [0.1, 0.15) is 0 Å². The number of hydrogen-bond acceptors (Lipinski definition) is 0. The van der Waals surface area contributed by atoms with Gasteiger partial charge in [0, 0.05) is 0 Å². The molecule has 0 spiro atoms. The molecule has 0 amide bonds. The Kier molecular flexibility index (Phi) is 10.8. The summed E-state index contributed by atoms with van der Waals surface area (Å²) in [4.78, 5) is 0. The summed E-state index contributed by atoms with van der Waals surface area (Å²) in [5.74, 6) is 0. The number of alkyl halides is 3. The summed E-state index contributed by atoms with van der Waals surface area (Å²) in [5.41, 5.74) is 8.87. The van der Waals surface area contributed by atoms with Gasteiger partial charge in [-0.05, 0) is 0 Å². The molecule has 0 fully saturated rings. The first kappa shape index (κ1) is 38.2. The second-order valence-electron chi connectivity index (χ2n) is 15.3. The number of hydrogen-bond donors (Lipinski definition) is 0. The summed E-state index contributed by atoms with van der Waals surface area (Å²) in [6.45, 7) is 13.5. The number of halogens is 5. The van der Waals surface area contributed by atoms with E-state index in [4.69, 9.17) is 0 Å². The fourth-order valence-corrected chi connectivity index (χ4v) is 16.5. The van der Waals surface area contributed by atoms with Gasteiger partial charge in [-0.15, -0.1) is 0 Å². The van der Waals surface area contributed by atoms with Crippen molar-refractivity contribution in [2.75, 3.05) is 0 Å². The van der Waals surface area contributed by atoms with Gasteiger partial charge in [-0.25, -0.2) is 0 Å². The van der Waals surface area contributed by atoms with Crippen molar-refractivity contribution in [1.29, 1.82) is 0 Å². The fraction of sp³-hybridized carbons (Fsp3) is 0.250. The van der Waals surface area contributed by atoms with E-state index in [9.17, 15) is 13.2 Å². The largest absolute Gasteiger partial charge is 1.00 e. The third kappa shape index (κ3) is 7.06. The van der Waals surface area contributed by atoms with Crippen LogP contribution in [0.15, 0.2) is 125 Å². The van der Waals surface area contributed by atoms with Gasteiger partial charge in [0.2, 0.25) is 0 Å². The summed E-state index contributed by atoms with van der Waals surface area (Å²) >= 11 is -3.21. The molecule has 0 radical (unpaired) electrons. The molecular weight excluding hydrogens is 748 g/mol. The fourth-order valence-electron chi connectivity index (χ4n) is 7.38. The molecule has 256 valence electrons. The van der Waals surface area contributed by atoms with Crippen molar-refractivity contribution in [1.82, 2.24) is 0 Å². The molecule has 0 nitrogen and oxygen atoms in total. The van der Waals surface area contributed by atoms with E-state index in [1.807, 2.05) is 18.2 Å². The molecule has 50 heavy (non-hydrogen) atoms. The average molecular weight is 789 g/mol. The Labute approximate surface area is 314 Å². The van der Waals surface area contributed by atoms with E-state index in [-0.39, 0.29) is 39.3 Å². The normalized spacial score (nSPS) is 14.4. The van der Waals surface area contributed by atoms with Gasteiger partial charge in [-0.3, -0.25) is 0 Å². The Balaban J connectivity index is 0.00000243. The molecule has 0 aromatic heterocycles. The third-order valence-electron chi connectivity index (χ3n) is 9.96. The summed E-state index contributed by atoms with van der Waals surface area (Å²) < 4.78 is 45.6. The van der Waals surface area contributed by atoms with Crippen LogP contribution in [0.2, 0.25) is 0 Å². The van der Waals surface area contributed by atoms with E-state index in [0.29, 0.717) is 5.56 Å². The second-order valence-corrected chi connectivity index (χ2v) is 21.5. The number of allylic oxidation sites excluding steroid dienone is 4. The van der Waals surface area contributed by atoms with Gasteiger partial charge in [0.15, 0.2) is 0 Å². The monoisotopic (exact) mass is 786 g/mol. The Bertz CT molecular complexity index is 2110. The molecule has 0 bridgehead atoms. The summed E-state index contributed by atoms with van der Waals surface area (Å²) in [5, 5.41) is 2.18. The van der Waals surface area contributed by atoms with Crippen molar-refractivity contribution in [3.05, 3.63) is 164 Å². The average Bonchev–Trinajstić information content (AvgIpc) is 3.69. The Morgan fingerprint density at radius 2 is 1.22 bits per heavy atom. The van der Waals surface area contributed by atoms with Gasteiger partial charge in [0.05, 0.1) is 0 Å². The van der Waals surface area contributed by atoms with Crippen molar-refractivity contribution in [3.63, 3.8) is 0 Å². The molecule has 2 aliphatic carbocycles. The topological polar surface area (TPSA) is 0 Å². The smallest absolute Gasteiger partial charge is 1.00 e. The van der Waals surface area contributed by atoms with Crippen molar-refractivity contribution < 1.29 is 59.3 Å². The Morgan fingerprint density at radius 1 is 0.640 bits per heavy atom. The molecular formula is C44H41Cl2F3Zr. The molecule has 0 saturated heterocycles. The molecule has 6 heteroatoms. The van der Waals surface area contributed by atoms with Crippen LogP contribution in [-0.2, 0) is 38.3 Å². The van der Waals surface area contributed by atoms with Crippen LogP contribution in [0, 0.1) is 0 Å². The zero-order chi connectivity index (χ0) is 34.0. The first-order valence-corrected chi connectivity index (χ1v) is 20.6. The van der Waals surface area contributed by atoms with Crippen LogP contribution in [0.1, 0.15) is 90.5 Å². The maximum atomic E-state index is 14.3. The van der Waals surface area contributed by atoms with Crippen LogP contribution >= 0.6 is 0 Å². The van der Waals surface area contributed by atoms with Crippen LogP contribution < -0.4 is 24.8 Å². The van der Waals surface area contributed by atoms with Gasteiger partial charge >= 0.3 is 292 Å².